The highest BCUT2D eigenvalue weighted by molar-refractivity contribution is 5.85. The molecule has 1 unspecified atom stereocenters. The number of aromatic nitrogens is 2. The zero-order valence-corrected chi connectivity index (χ0v) is 26.8. The summed E-state index contributed by atoms with van der Waals surface area (Å²) >= 11 is 0. The molecular formula is C32H35F3N4O9. The van der Waals surface area contributed by atoms with E-state index in [1.807, 2.05) is 26.7 Å². The second kappa shape index (κ2) is 13.4. The number of aliphatic carboxylic acids is 1. The Morgan fingerprint density at radius 2 is 1.94 bits per heavy atom. The van der Waals surface area contributed by atoms with Gasteiger partial charge in [0.15, 0.2) is 5.76 Å². The molecule has 4 heterocycles. The Morgan fingerprint density at radius 3 is 2.56 bits per heavy atom. The van der Waals surface area contributed by atoms with Crippen molar-refractivity contribution in [2.75, 3.05) is 24.8 Å². The average molecular weight is 677 g/mol. The van der Waals surface area contributed by atoms with Crippen LogP contribution in [0.25, 0.3) is 5.70 Å². The molecule has 16 heteroatoms. The number of amides is 1. The van der Waals surface area contributed by atoms with Crippen molar-refractivity contribution < 1.29 is 51.1 Å². The van der Waals surface area contributed by atoms with Gasteiger partial charge >= 0.3 is 18.0 Å². The summed E-state index contributed by atoms with van der Waals surface area (Å²) < 4.78 is 59.3. The minimum atomic E-state index is -4.82. The van der Waals surface area contributed by atoms with Crippen LogP contribution in [-0.2, 0) is 38.5 Å². The van der Waals surface area contributed by atoms with Gasteiger partial charge in [-0.1, -0.05) is 6.07 Å². The number of hydroxylamine groups is 1. The van der Waals surface area contributed by atoms with E-state index in [0.717, 1.165) is 0 Å². The van der Waals surface area contributed by atoms with Crippen LogP contribution >= 0.6 is 0 Å². The SMILES string of the molecule is Cc1oc(=O)oc1CC1c2cc(OCCc3cn4c(n3)N(OC(C)(C)C)CCC4=C=O)ccc2C[C@@H](CC(=O)O)C(=O)N1CC(F)(F)F. The van der Waals surface area contributed by atoms with Crippen LogP contribution in [0.2, 0.25) is 0 Å². The molecule has 0 fully saturated rings. The monoisotopic (exact) mass is 676 g/mol. The number of nitrogens with zero attached hydrogens (tertiary/aromatic N) is 4. The molecule has 2 aliphatic heterocycles. The number of carboxylic acids is 1. The zero-order chi connectivity index (χ0) is 35.0. The minimum absolute atomic E-state index is 0.0431. The van der Waals surface area contributed by atoms with Gasteiger partial charge in [0.05, 0.1) is 42.8 Å². The lowest BCUT2D eigenvalue weighted by Gasteiger charge is -2.33. The molecule has 0 saturated carbocycles. The molecule has 5 rings (SSSR count). The molecular weight excluding hydrogens is 641 g/mol. The Balaban J connectivity index is 1.44. The van der Waals surface area contributed by atoms with E-state index in [-0.39, 0.29) is 48.7 Å². The average Bonchev–Trinajstić information content (AvgIpc) is 3.53. The molecule has 0 bridgehead atoms. The lowest BCUT2D eigenvalue weighted by Crippen LogP contribution is -2.44. The Kier molecular flexibility index (Phi) is 9.60. The normalized spacial score (nSPS) is 18.3. The summed E-state index contributed by atoms with van der Waals surface area (Å²) in [6.07, 6.45) is -3.58. The van der Waals surface area contributed by atoms with E-state index in [1.165, 1.54) is 13.0 Å². The van der Waals surface area contributed by atoms with Crippen LogP contribution in [0.3, 0.4) is 0 Å². The Labute approximate surface area is 272 Å². The number of anilines is 1. The van der Waals surface area contributed by atoms with Crippen molar-refractivity contribution in [3.05, 3.63) is 63.4 Å². The van der Waals surface area contributed by atoms with Crippen molar-refractivity contribution in [3.8, 4) is 5.75 Å². The molecule has 0 saturated heterocycles. The summed E-state index contributed by atoms with van der Waals surface area (Å²) in [5, 5.41) is 11.1. The van der Waals surface area contributed by atoms with Gasteiger partial charge in [-0.05, 0) is 57.4 Å². The number of hydrogen-bond acceptors (Lipinski definition) is 10. The highest BCUT2D eigenvalue weighted by atomic mass is 19.4. The van der Waals surface area contributed by atoms with Crippen LogP contribution in [-0.4, -0.2) is 68.8 Å². The lowest BCUT2D eigenvalue weighted by molar-refractivity contribution is -0.169. The lowest BCUT2D eigenvalue weighted by atomic mass is 9.92. The molecule has 13 nitrogen and oxygen atoms in total. The molecule has 258 valence electrons. The fraction of sp³-hybridized carbons (Fsp3) is 0.500. The van der Waals surface area contributed by atoms with Crippen molar-refractivity contribution in [2.24, 2.45) is 5.92 Å². The molecule has 1 amide bonds. The summed E-state index contributed by atoms with van der Waals surface area (Å²) in [6, 6.07) is 3.40. The minimum Gasteiger partial charge on any atom is -0.493 e. The first-order valence-electron chi connectivity index (χ1n) is 15.2. The fourth-order valence-electron chi connectivity index (χ4n) is 5.91. The molecule has 1 aromatic carbocycles. The number of imidazole rings is 1. The number of benzene rings is 1. The molecule has 48 heavy (non-hydrogen) atoms. The Hall–Kier alpha value is -4.82. The Morgan fingerprint density at radius 1 is 1.19 bits per heavy atom. The van der Waals surface area contributed by atoms with Gasteiger partial charge in [-0.3, -0.25) is 19.0 Å². The van der Waals surface area contributed by atoms with Gasteiger partial charge in [0.1, 0.15) is 29.7 Å². The number of hydrogen-bond donors (Lipinski definition) is 1. The molecule has 0 aliphatic carbocycles. The third-order valence-electron chi connectivity index (χ3n) is 7.87. The van der Waals surface area contributed by atoms with Gasteiger partial charge < -0.3 is 23.6 Å². The molecule has 0 radical (unpaired) electrons. The maximum Gasteiger partial charge on any atom is 0.519 e. The van der Waals surface area contributed by atoms with E-state index in [9.17, 15) is 37.5 Å². The maximum atomic E-state index is 13.9. The zero-order valence-electron chi connectivity index (χ0n) is 26.8. The van der Waals surface area contributed by atoms with Crippen molar-refractivity contribution in [1.82, 2.24) is 14.5 Å². The highest BCUT2D eigenvalue weighted by Crippen LogP contribution is 2.39. The summed E-state index contributed by atoms with van der Waals surface area (Å²) in [5.41, 5.74) is 1.21. The first-order valence-corrected chi connectivity index (χ1v) is 15.2. The van der Waals surface area contributed by atoms with Gasteiger partial charge in [-0.15, -0.1) is 0 Å². The van der Waals surface area contributed by atoms with E-state index < -0.39 is 54.4 Å². The third-order valence-corrected chi connectivity index (χ3v) is 7.87. The maximum absolute atomic E-state index is 13.9. The molecule has 1 N–H and O–H groups in total. The third kappa shape index (κ3) is 8.00. The number of alkyl halides is 3. The quantitative estimate of drug-likeness (QED) is 0.306. The number of carbonyl (C=O) groups excluding carboxylic acids is 2. The van der Waals surface area contributed by atoms with Crippen molar-refractivity contribution in [3.63, 3.8) is 0 Å². The van der Waals surface area contributed by atoms with E-state index >= 15 is 0 Å². The van der Waals surface area contributed by atoms with Gasteiger partial charge in [0, 0.05) is 25.5 Å². The first-order chi connectivity index (χ1) is 22.5. The van der Waals surface area contributed by atoms with E-state index in [0.29, 0.717) is 40.8 Å². The van der Waals surface area contributed by atoms with E-state index in [4.69, 9.17) is 18.4 Å². The number of rotatable bonds is 10. The van der Waals surface area contributed by atoms with Gasteiger partial charge in [0.25, 0.3) is 0 Å². The fourth-order valence-corrected chi connectivity index (χ4v) is 5.91. The topological polar surface area (TPSA) is 158 Å². The highest BCUT2D eigenvalue weighted by Gasteiger charge is 2.43. The number of carbonyl (C=O) groups is 2. The van der Waals surface area contributed by atoms with Crippen LogP contribution in [0.5, 0.6) is 5.75 Å². The second-order valence-electron chi connectivity index (χ2n) is 12.7. The number of halogens is 3. The standard InChI is InChI=1S/C32H35F3N4O9/c1-18-26(47-30(44)46-18)14-25-24-13-23(6-5-19(24)11-20(12-27(41)42)28(43)38(25)17-32(33,34)35)45-10-8-21-15-37-22(16-40)7-9-39(29(37)36-21)48-31(2,3)4/h5-6,13,15,20,25H,7-12,14,17H2,1-4H3,(H,41,42)/t20-,25?/m0/s1. The number of aryl methyl sites for hydroxylation is 1. The van der Waals surface area contributed by atoms with Crippen LogP contribution in [0.15, 0.2) is 38.0 Å². The van der Waals surface area contributed by atoms with Crippen LogP contribution in [0, 0.1) is 12.8 Å². The van der Waals surface area contributed by atoms with Crippen molar-refractivity contribution in [1.29, 1.82) is 0 Å². The summed E-state index contributed by atoms with van der Waals surface area (Å²) in [6.45, 7) is 5.93. The molecule has 3 aromatic rings. The summed E-state index contributed by atoms with van der Waals surface area (Å²) in [5.74, 6) is -1.99. The molecule has 0 spiro atoms. The van der Waals surface area contributed by atoms with Crippen molar-refractivity contribution in [2.45, 2.75) is 77.6 Å². The number of ether oxygens (including phenoxy) is 1. The van der Waals surface area contributed by atoms with Crippen LogP contribution in [0.1, 0.15) is 68.0 Å². The van der Waals surface area contributed by atoms with E-state index in [2.05, 4.69) is 4.98 Å². The number of fused-ring (bicyclic) bond motifs is 2. The first kappa shape index (κ1) is 34.5. The molecule has 2 aromatic heterocycles. The summed E-state index contributed by atoms with van der Waals surface area (Å²) in [4.78, 5) is 59.7. The number of carboxylic acid groups (broad SMARTS) is 1. The van der Waals surface area contributed by atoms with Crippen molar-refractivity contribution >= 4 is 29.5 Å². The molecule has 2 atom stereocenters. The predicted octanol–water partition coefficient (Wildman–Crippen LogP) is 4.29. The Bertz CT molecular complexity index is 1800. The van der Waals surface area contributed by atoms with Gasteiger partial charge in [-0.2, -0.15) is 13.2 Å². The smallest absolute Gasteiger partial charge is 0.493 e. The van der Waals surface area contributed by atoms with E-state index in [1.54, 1.807) is 28.0 Å². The van der Waals surface area contributed by atoms with Gasteiger partial charge in [0.2, 0.25) is 11.9 Å². The predicted molar refractivity (Wildman–Crippen MR) is 162 cm³/mol. The van der Waals surface area contributed by atoms with Gasteiger partial charge in [-0.25, -0.2) is 19.6 Å². The summed E-state index contributed by atoms with van der Waals surface area (Å²) in [7, 11) is 0. The second-order valence-corrected chi connectivity index (χ2v) is 12.7. The molecule has 2 aliphatic rings. The largest absolute Gasteiger partial charge is 0.519 e. The van der Waals surface area contributed by atoms with Crippen LogP contribution in [0.4, 0.5) is 19.1 Å². The van der Waals surface area contributed by atoms with Crippen LogP contribution < -0.4 is 15.6 Å².